The molecule has 2 rings (SSSR count). The highest BCUT2D eigenvalue weighted by atomic mass is 79.9. The van der Waals surface area contributed by atoms with Crippen molar-refractivity contribution in [2.75, 3.05) is 5.32 Å². The maximum Gasteiger partial charge on any atom is 0.412 e. The lowest BCUT2D eigenvalue weighted by atomic mass is 10.2. The number of anilines is 1. The van der Waals surface area contributed by atoms with Crippen LogP contribution in [-0.4, -0.2) is 16.2 Å². The van der Waals surface area contributed by atoms with Crippen LogP contribution >= 0.6 is 15.9 Å². The molecule has 0 saturated heterocycles. The Kier molecular flexibility index (Phi) is 5.09. The van der Waals surface area contributed by atoms with Crippen LogP contribution in [0.3, 0.4) is 0 Å². The molecular weight excluding hydrogens is 324 g/mol. The Morgan fingerprint density at radius 3 is 2.80 bits per heavy atom. The third kappa shape index (κ3) is 4.04. The highest BCUT2D eigenvalue weighted by Gasteiger charge is 2.07. The van der Waals surface area contributed by atoms with Gasteiger partial charge in [-0.1, -0.05) is 30.3 Å². The van der Waals surface area contributed by atoms with Gasteiger partial charge in [-0.2, -0.15) is 0 Å². The van der Waals surface area contributed by atoms with E-state index in [9.17, 15) is 4.79 Å². The van der Waals surface area contributed by atoms with Gasteiger partial charge in [0.1, 0.15) is 11.2 Å². The maximum atomic E-state index is 11.6. The van der Waals surface area contributed by atoms with Gasteiger partial charge in [-0.25, -0.2) is 9.78 Å². The first kappa shape index (κ1) is 14.5. The summed E-state index contributed by atoms with van der Waals surface area (Å²) in [6.07, 6.45) is 0.911. The summed E-state index contributed by atoms with van der Waals surface area (Å²) in [7, 11) is 0. The number of amides is 1. The molecule has 0 fully saturated rings. The van der Waals surface area contributed by atoms with Gasteiger partial charge < -0.3 is 9.84 Å². The summed E-state index contributed by atoms with van der Waals surface area (Å²) in [5.41, 5.74) is 1.97. The highest BCUT2D eigenvalue weighted by molar-refractivity contribution is 9.10. The number of benzene rings is 1. The van der Waals surface area contributed by atoms with E-state index in [0.717, 1.165) is 5.56 Å². The number of aliphatic hydroxyl groups excluding tert-OH is 1. The molecule has 0 aliphatic heterocycles. The van der Waals surface area contributed by atoms with E-state index in [1.54, 1.807) is 6.07 Å². The Morgan fingerprint density at radius 1 is 1.35 bits per heavy atom. The highest BCUT2D eigenvalue weighted by Crippen LogP contribution is 2.18. The van der Waals surface area contributed by atoms with Crippen molar-refractivity contribution in [3.05, 3.63) is 58.3 Å². The summed E-state index contributed by atoms with van der Waals surface area (Å²) in [4.78, 5) is 15.6. The summed E-state index contributed by atoms with van der Waals surface area (Å²) in [5.74, 6) is 0. The number of aromatic nitrogens is 1. The van der Waals surface area contributed by atoms with Gasteiger partial charge >= 0.3 is 6.09 Å². The molecular formula is C14H13BrN2O3. The standard InChI is InChI=1S/C14H13BrN2O3/c15-13-11(8-18)6-12(7-16-13)17-14(19)20-9-10-4-2-1-3-5-10/h1-7,18H,8-9H2,(H,17,19). The SMILES string of the molecule is O=C(Nc1cnc(Br)c(CO)c1)OCc1ccccc1. The Balaban J connectivity index is 1.91. The smallest absolute Gasteiger partial charge is 0.412 e. The van der Waals surface area contributed by atoms with Crippen LogP contribution in [0.5, 0.6) is 0 Å². The second-order valence-corrected chi connectivity index (χ2v) is 4.77. The zero-order valence-corrected chi connectivity index (χ0v) is 12.1. The summed E-state index contributed by atoms with van der Waals surface area (Å²) < 4.78 is 5.63. The molecule has 5 nitrogen and oxygen atoms in total. The lowest BCUT2D eigenvalue weighted by molar-refractivity contribution is 0.155. The summed E-state index contributed by atoms with van der Waals surface area (Å²) in [6, 6.07) is 11.0. The summed E-state index contributed by atoms with van der Waals surface area (Å²) >= 11 is 3.20. The maximum absolute atomic E-state index is 11.6. The Morgan fingerprint density at radius 2 is 2.10 bits per heavy atom. The molecule has 0 atom stereocenters. The van der Waals surface area contributed by atoms with Gasteiger partial charge in [0.05, 0.1) is 18.5 Å². The number of halogens is 1. The molecule has 0 saturated carbocycles. The van der Waals surface area contributed by atoms with Gasteiger partial charge in [0, 0.05) is 5.56 Å². The van der Waals surface area contributed by atoms with E-state index in [1.165, 1.54) is 6.20 Å². The molecule has 0 radical (unpaired) electrons. The van der Waals surface area contributed by atoms with Gasteiger partial charge in [0.25, 0.3) is 0 Å². The van der Waals surface area contributed by atoms with Crippen molar-refractivity contribution in [1.82, 2.24) is 4.98 Å². The number of pyridine rings is 1. The van der Waals surface area contributed by atoms with Crippen molar-refractivity contribution < 1.29 is 14.6 Å². The quantitative estimate of drug-likeness (QED) is 0.841. The van der Waals surface area contributed by atoms with Crippen LogP contribution in [0.25, 0.3) is 0 Å². The minimum Gasteiger partial charge on any atom is -0.444 e. The van der Waals surface area contributed by atoms with E-state index < -0.39 is 6.09 Å². The van der Waals surface area contributed by atoms with Gasteiger partial charge in [0.2, 0.25) is 0 Å². The Bertz CT molecular complexity index is 590. The number of rotatable bonds is 4. The Hall–Kier alpha value is -1.92. The molecule has 0 aliphatic rings. The van der Waals surface area contributed by atoms with Crippen molar-refractivity contribution in [3.8, 4) is 0 Å². The molecule has 1 aromatic heterocycles. The van der Waals surface area contributed by atoms with E-state index in [-0.39, 0.29) is 13.2 Å². The molecule has 0 spiro atoms. The minimum atomic E-state index is -0.568. The van der Waals surface area contributed by atoms with Crippen molar-refractivity contribution in [3.63, 3.8) is 0 Å². The topological polar surface area (TPSA) is 71.5 Å². The zero-order valence-electron chi connectivity index (χ0n) is 10.5. The van der Waals surface area contributed by atoms with E-state index in [1.807, 2.05) is 30.3 Å². The van der Waals surface area contributed by atoms with Crippen LogP contribution in [0.2, 0.25) is 0 Å². The van der Waals surface area contributed by atoms with Crippen molar-refractivity contribution >= 4 is 27.7 Å². The van der Waals surface area contributed by atoms with Crippen LogP contribution in [-0.2, 0) is 18.0 Å². The van der Waals surface area contributed by atoms with Gasteiger partial charge in [-0.05, 0) is 27.6 Å². The van der Waals surface area contributed by atoms with E-state index in [0.29, 0.717) is 15.9 Å². The third-order valence-corrected chi connectivity index (χ3v) is 3.26. The van der Waals surface area contributed by atoms with E-state index in [4.69, 9.17) is 9.84 Å². The number of carbonyl (C=O) groups excluding carboxylic acids is 1. The normalized spacial score (nSPS) is 10.1. The van der Waals surface area contributed by atoms with E-state index in [2.05, 4.69) is 26.2 Å². The van der Waals surface area contributed by atoms with Gasteiger partial charge in [0.15, 0.2) is 0 Å². The molecule has 104 valence electrons. The molecule has 1 aromatic carbocycles. The molecule has 1 heterocycles. The predicted molar refractivity (Wildman–Crippen MR) is 78.1 cm³/mol. The second kappa shape index (κ2) is 7.02. The van der Waals surface area contributed by atoms with Crippen LogP contribution in [0.15, 0.2) is 47.2 Å². The lowest BCUT2D eigenvalue weighted by Crippen LogP contribution is -2.14. The first-order valence-corrected chi connectivity index (χ1v) is 6.71. The minimum absolute atomic E-state index is 0.165. The number of carbonyl (C=O) groups is 1. The number of nitrogens with one attached hydrogen (secondary N) is 1. The van der Waals surface area contributed by atoms with Crippen molar-refractivity contribution in [2.24, 2.45) is 0 Å². The fourth-order valence-corrected chi connectivity index (χ4v) is 1.89. The largest absolute Gasteiger partial charge is 0.444 e. The third-order valence-electron chi connectivity index (χ3n) is 2.54. The summed E-state index contributed by atoms with van der Waals surface area (Å²) in [6.45, 7) is 0.0334. The zero-order chi connectivity index (χ0) is 14.4. The Labute approximate surface area is 124 Å². The number of ether oxygens (including phenoxy) is 1. The monoisotopic (exact) mass is 336 g/mol. The number of nitrogens with zero attached hydrogens (tertiary/aromatic N) is 1. The number of aliphatic hydroxyl groups is 1. The van der Waals surface area contributed by atoms with E-state index >= 15 is 0 Å². The average Bonchev–Trinajstić information content (AvgIpc) is 2.48. The first-order valence-electron chi connectivity index (χ1n) is 5.92. The average molecular weight is 337 g/mol. The number of hydrogen-bond donors (Lipinski definition) is 2. The second-order valence-electron chi connectivity index (χ2n) is 4.02. The van der Waals surface area contributed by atoms with Crippen LogP contribution < -0.4 is 5.32 Å². The van der Waals surface area contributed by atoms with Crippen LogP contribution in [0, 0.1) is 0 Å². The molecule has 1 amide bonds. The predicted octanol–water partition coefficient (Wildman–Crippen LogP) is 3.09. The fraction of sp³-hybridized carbons (Fsp3) is 0.143. The molecule has 0 aliphatic carbocycles. The fourth-order valence-electron chi connectivity index (χ4n) is 1.55. The molecule has 0 unspecified atom stereocenters. The molecule has 20 heavy (non-hydrogen) atoms. The van der Waals surface area contributed by atoms with Crippen molar-refractivity contribution in [2.45, 2.75) is 13.2 Å². The van der Waals surface area contributed by atoms with Gasteiger partial charge in [-0.15, -0.1) is 0 Å². The van der Waals surface area contributed by atoms with Gasteiger partial charge in [-0.3, -0.25) is 5.32 Å². The molecule has 2 N–H and O–H groups in total. The van der Waals surface area contributed by atoms with Crippen molar-refractivity contribution in [1.29, 1.82) is 0 Å². The van der Waals surface area contributed by atoms with Crippen LogP contribution in [0.1, 0.15) is 11.1 Å². The number of hydrogen-bond acceptors (Lipinski definition) is 4. The summed E-state index contributed by atoms with van der Waals surface area (Å²) in [5, 5.41) is 11.7. The lowest BCUT2D eigenvalue weighted by Gasteiger charge is -2.08. The molecule has 0 bridgehead atoms. The molecule has 2 aromatic rings. The first-order chi connectivity index (χ1) is 9.69. The molecule has 6 heteroatoms. The van der Waals surface area contributed by atoms with Crippen LogP contribution in [0.4, 0.5) is 10.5 Å².